The lowest BCUT2D eigenvalue weighted by Gasteiger charge is -2.01. The summed E-state index contributed by atoms with van der Waals surface area (Å²) in [6.07, 6.45) is -0.0484. The molecule has 0 aromatic heterocycles. The largest absolute Gasteiger partial charge is 0.478 e. The van der Waals surface area contributed by atoms with Crippen molar-refractivity contribution in [1.82, 2.24) is 0 Å². The van der Waals surface area contributed by atoms with Crippen LogP contribution in [0.1, 0.15) is 27.6 Å². The van der Waals surface area contributed by atoms with Crippen molar-refractivity contribution in [2.45, 2.75) is 13.2 Å². The van der Waals surface area contributed by atoms with Crippen LogP contribution < -0.4 is 0 Å². The van der Waals surface area contributed by atoms with Gasteiger partial charge in [0.1, 0.15) is 0 Å². The van der Waals surface area contributed by atoms with E-state index in [4.69, 9.17) is 15.3 Å². The van der Waals surface area contributed by atoms with Crippen molar-refractivity contribution < 1.29 is 34.4 Å². The van der Waals surface area contributed by atoms with Crippen LogP contribution in [0, 0.1) is 0 Å². The molecule has 0 amide bonds. The molecule has 1 aromatic rings. The summed E-state index contributed by atoms with van der Waals surface area (Å²) in [5.74, 6) is -3.07. The molecule has 108 valence electrons. The predicted octanol–water partition coefficient (Wildman–Crippen LogP) is 1.14. The van der Waals surface area contributed by atoms with Crippen LogP contribution in [0.25, 0.3) is 0 Å². The van der Waals surface area contributed by atoms with Crippen molar-refractivity contribution in [2.24, 2.45) is 0 Å². The van der Waals surface area contributed by atoms with Gasteiger partial charge in [-0.3, -0.25) is 0 Å². The summed E-state index contributed by atoms with van der Waals surface area (Å²) in [6.45, 7) is 4.48. The molecule has 0 saturated heterocycles. The van der Waals surface area contributed by atoms with Crippen LogP contribution in [0.3, 0.4) is 0 Å². The first-order valence-corrected chi connectivity index (χ1v) is 5.36. The van der Waals surface area contributed by atoms with E-state index in [1.165, 1.54) is 31.2 Å². The van der Waals surface area contributed by atoms with E-state index >= 15 is 0 Å². The summed E-state index contributed by atoms with van der Waals surface area (Å²) in [7, 11) is 0. The quantitative estimate of drug-likeness (QED) is 0.430. The number of aliphatic hydroxyl groups excluding tert-OH is 1. The zero-order valence-electron chi connectivity index (χ0n) is 10.6. The zero-order valence-corrected chi connectivity index (χ0v) is 10.6. The van der Waals surface area contributed by atoms with Gasteiger partial charge in [-0.05, 0) is 19.1 Å². The molecule has 7 nitrogen and oxygen atoms in total. The minimum atomic E-state index is -1.23. The Morgan fingerprint density at radius 1 is 1.15 bits per heavy atom. The molecule has 0 saturated carbocycles. The number of carbonyl (C=O) groups excluding carboxylic acids is 1. The smallest absolute Gasteiger partial charge is 0.336 e. The number of rotatable bonds is 4. The fourth-order valence-electron chi connectivity index (χ4n) is 1.07. The van der Waals surface area contributed by atoms with Crippen LogP contribution in [0.5, 0.6) is 0 Å². The van der Waals surface area contributed by atoms with E-state index in [0.717, 1.165) is 6.08 Å². The Morgan fingerprint density at radius 2 is 1.55 bits per heavy atom. The lowest BCUT2D eigenvalue weighted by molar-refractivity contribution is -0.158. The number of carboxylic acids is 2. The summed E-state index contributed by atoms with van der Waals surface area (Å²) >= 11 is 0. The fourth-order valence-corrected chi connectivity index (χ4v) is 1.07. The highest BCUT2D eigenvalue weighted by Crippen LogP contribution is 2.07. The molecule has 1 atom stereocenters. The van der Waals surface area contributed by atoms with Gasteiger partial charge >= 0.3 is 17.9 Å². The summed E-state index contributed by atoms with van der Waals surface area (Å²) in [5, 5.41) is 25.5. The molecule has 0 fully saturated rings. The number of aliphatic hydroxyl groups is 1. The molecule has 0 heterocycles. The van der Waals surface area contributed by atoms with Gasteiger partial charge in [-0.25, -0.2) is 14.4 Å². The second kappa shape index (κ2) is 8.44. The molecule has 0 aliphatic heterocycles. The minimum absolute atomic E-state index is 0.190. The second-order valence-corrected chi connectivity index (χ2v) is 3.40. The number of carbonyl (C=O) groups is 3. The second-order valence-electron chi connectivity index (χ2n) is 3.40. The zero-order chi connectivity index (χ0) is 15.7. The van der Waals surface area contributed by atoms with E-state index in [1.807, 2.05) is 0 Å². The maximum absolute atomic E-state index is 10.5. The SMILES string of the molecule is C=CC(=O)OC(C)O.O=C(O)c1ccccc1C(=O)O. The molecule has 0 radical (unpaired) electrons. The Morgan fingerprint density at radius 3 is 1.75 bits per heavy atom. The average molecular weight is 282 g/mol. The molecule has 1 rings (SSSR count). The van der Waals surface area contributed by atoms with E-state index < -0.39 is 24.2 Å². The van der Waals surface area contributed by atoms with Gasteiger partial charge in [-0.2, -0.15) is 0 Å². The first-order valence-electron chi connectivity index (χ1n) is 5.36. The molecule has 1 unspecified atom stereocenters. The first kappa shape index (κ1) is 17.3. The van der Waals surface area contributed by atoms with Crippen LogP contribution >= 0.6 is 0 Å². The summed E-state index contributed by atoms with van der Waals surface area (Å²) in [4.78, 5) is 31.0. The summed E-state index contributed by atoms with van der Waals surface area (Å²) < 4.78 is 4.20. The highest BCUT2D eigenvalue weighted by molar-refractivity contribution is 6.01. The minimum Gasteiger partial charge on any atom is -0.478 e. The highest BCUT2D eigenvalue weighted by Gasteiger charge is 2.13. The van der Waals surface area contributed by atoms with E-state index in [0.29, 0.717) is 0 Å². The summed E-state index contributed by atoms with van der Waals surface area (Å²) in [5.41, 5.74) is -0.380. The van der Waals surface area contributed by atoms with Crippen molar-refractivity contribution in [2.75, 3.05) is 0 Å². The van der Waals surface area contributed by atoms with Crippen LogP contribution in [0.2, 0.25) is 0 Å². The number of hydrogen-bond acceptors (Lipinski definition) is 5. The lowest BCUT2D eigenvalue weighted by Crippen LogP contribution is -2.10. The van der Waals surface area contributed by atoms with Crippen LogP contribution in [-0.2, 0) is 9.53 Å². The predicted molar refractivity (Wildman–Crippen MR) is 68.3 cm³/mol. The van der Waals surface area contributed by atoms with Crippen molar-refractivity contribution in [1.29, 1.82) is 0 Å². The Labute approximate surface area is 114 Å². The Balaban J connectivity index is 0.000000396. The normalized spacial score (nSPS) is 10.5. The molecule has 1 aromatic carbocycles. The van der Waals surface area contributed by atoms with E-state index in [2.05, 4.69) is 11.3 Å². The highest BCUT2D eigenvalue weighted by atomic mass is 16.6. The average Bonchev–Trinajstić information content (AvgIpc) is 2.38. The topological polar surface area (TPSA) is 121 Å². The molecule has 0 aliphatic carbocycles. The van der Waals surface area contributed by atoms with Gasteiger partial charge in [-0.1, -0.05) is 18.7 Å². The first-order chi connectivity index (χ1) is 9.29. The van der Waals surface area contributed by atoms with Crippen LogP contribution in [0.15, 0.2) is 36.9 Å². The Kier molecular flexibility index (Phi) is 7.31. The van der Waals surface area contributed by atoms with Gasteiger partial charge < -0.3 is 20.1 Å². The number of hydrogen-bond donors (Lipinski definition) is 3. The number of ether oxygens (including phenoxy) is 1. The van der Waals surface area contributed by atoms with Crippen molar-refractivity contribution >= 4 is 17.9 Å². The van der Waals surface area contributed by atoms with Gasteiger partial charge in [-0.15, -0.1) is 0 Å². The molecule has 0 spiro atoms. The third-order valence-corrected chi connectivity index (χ3v) is 1.84. The van der Waals surface area contributed by atoms with Crippen LogP contribution in [0.4, 0.5) is 0 Å². The number of aromatic carboxylic acids is 2. The van der Waals surface area contributed by atoms with Crippen molar-refractivity contribution in [3.8, 4) is 0 Å². The third kappa shape index (κ3) is 6.31. The maximum Gasteiger partial charge on any atom is 0.336 e. The van der Waals surface area contributed by atoms with Gasteiger partial charge in [0.15, 0.2) is 6.29 Å². The Bertz CT molecular complexity index is 472. The summed E-state index contributed by atoms with van der Waals surface area (Å²) in [6, 6.07) is 5.48. The fraction of sp³-hybridized carbons (Fsp3) is 0.154. The van der Waals surface area contributed by atoms with Gasteiger partial charge in [0.2, 0.25) is 0 Å². The van der Waals surface area contributed by atoms with Gasteiger partial charge in [0.25, 0.3) is 0 Å². The van der Waals surface area contributed by atoms with E-state index in [-0.39, 0.29) is 11.1 Å². The van der Waals surface area contributed by atoms with Crippen molar-refractivity contribution in [3.05, 3.63) is 48.0 Å². The van der Waals surface area contributed by atoms with Gasteiger partial charge in [0, 0.05) is 6.08 Å². The maximum atomic E-state index is 10.5. The molecule has 7 heteroatoms. The molecular weight excluding hydrogens is 268 g/mol. The molecule has 3 N–H and O–H groups in total. The molecule has 0 aliphatic rings. The van der Waals surface area contributed by atoms with E-state index in [9.17, 15) is 14.4 Å². The van der Waals surface area contributed by atoms with Gasteiger partial charge in [0.05, 0.1) is 11.1 Å². The number of carboxylic acid groups (broad SMARTS) is 2. The lowest BCUT2D eigenvalue weighted by atomic mass is 10.1. The van der Waals surface area contributed by atoms with Crippen LogP contribution in [-0.4, -0.2) is 39.5 Å². The number of benzene rings is 1. The third-order valence-electron chi connectivity index (χ3n) is 1.84. The Hall–Kier alpha value is -2.67. The molecular formula is C13H14O7. The molecule has 0 bridgehead atoms. The molecule has 20 heavy (non-hydrogen) atoms. The monoisotopic (exact) mass is 282 g/mol. The number of esters is 1. The van der Waals surface area contributed by atoms with Crippen molar-refractivity contribution in [3.63, 3.8) is 0 Å². The standard InChI is InChI=1S/C8H6O4.C5H8O3/c9-7(10)5-3-1-2-4-6(5)8(11)12;1-3-5(7)8-4(2)6/h1-4H,(H,9,10)(H,11,12);3-4,6H,1H2,2H3. The van der Waals surface area contributed by atoms with E-state index in [1.54, 1.807) is 0 Å².